The van der Waals surface area contributed by atoms with Gasteiger partial charge in [0.2, 0.25) is 15.9 Å². The Morgan fingerprint density at radius 1 is 1.08 bits per heavy atom. The Bertz CT molecular complexity index is 864. The quantitative estimate of drug-likeness (QED) is 0.822. The van der Waals surface area contributed by atoms with Crippen molar-refractivity contribution in [2.75, 3.05) is 18.5 Å². The average Bonchev–Trinajstić information content (AvgIpc) is 3.03. The molecule has 0 unspecified atom stereocenters. The average molecular weight is 362 g/mol. The lowest BCUT2D eigenvalue weighted by molar-refractivity contribution is -0.117. The number of rotatable bonds is 5. The first-order valence-electron chi connectivity index (χ1n) is 7.99. The van der Waals surface area contributed by atoms with Gasteiger partial charge in [0, 0.05) is 32.2 Å². The largest absolute Gasteiger partial charge is 0.312 e. The van der Waals surface area contributed by atoms with Crippen molar-refractivity contribution in [3.63, 3.8) is 0 Å². The lowest BCUT2D eigenvalue weighted by Crippen LogP contribution is -2.27. The van der Waals surface area contributed by atoms with Crippen molar-refractivity contribution in [1.82, 2.24) is 4.31 Å². The first-order valence-corrected chi connectivity index (χ1v) is 9.43. The van der Waals surface area contributed by atoms with Crippen molar-refractivity contribution < 1.29 is 17.6 Å². The number of halogens is 1. The van der Waals surface area contributed by atoms with Crippen molar-refractivity contribution in [2.45, 2.75) is 24.3 Å². The number of nitrogens with zero attached hydrogens (tertiary/aromatic N) is 2. The van der Waals surface area contributed by atoms with Gasteiger partial charge < -0.3 is 4.90 Å². The van der Waals surface area contributed by atoms with Gasteiger partial charge in [0.25, 0.3) is 0 Å². The van der Waals surface area contributed by atoms with E-state index in [0.29, 0.717) is 24.2 Å². The summed E-state index contributed by atoms with van der Waals surface area (Å²) in [6, 6.07) is 12.1. The van der Waals surface area contributed by atoms with E-state index in [-0.39, 0.29) is 23.2 Å². The predicted molar refractivity (Wildman–Crippen MR) is 93.1 cm³/mol. The lowest BCUT2D eigenvalue weighted by atomic mass is 10.2. The summed E-state index contributed by atoms with van der Waals surface area (Å²) < 4.78 is 39.5. The fourth-order valence-corrected chi connectivity index (χ4v) is 3.99. The number of benzene rings is 2. The highest BCUT2D eigenvalue weighted by molar-refractivity contribution is 7.89. The lowest BCUT2D eigenvalue weighted by Gasteiger charge is -2.19. The zero-order valence-corrected chi connectivity index (χ0v) is 14.7. The Kier molecular flexibility index (Phi) is 4.87. The molecule has 25 heavy (non-hydrogen) atoms. The number of hydrogen-bond donors (Lipinski definition) is 0. The van der Waals surface area contributed by atoms with E-state index in [0.717, 1.165) is 6.42 Å². The summed E-state index contributed by atoms with van der Waals surface area (Å²) >= 11 is 0. The first kappa shape index (κ1) is 17.6. The molecule has 1 heterocycles. The molecular weight excluding hydrogens is 343 g/mol. The van der Waals surface area contributed by atoms with Crippen LogP contribution in [0.15, 0.2) is 53.4 Å². The van der Waals surface area contributed by atoms with Crippen LogP contribution < -0.4 is 4.90 Å². The number of carbonyl (C=O) groups excluding carboxylic acids is 1. The zero-order chi connectivity index (χ0) is 18.0. The highest BCUT2D eigenvalue weighted by atomic mass is 32.2. The van der Waals surface area contributed by atoms with E-state index in [1.54, 1.807) is 29.2 Å². The van der Waals surface area contributed by atoms with E-state index in [2.05, 4.69) is 0 Å². The molecule has 7 heteroatoms. The summed E-state index contributed by atoms with van der Waals surface area (Å²) in [4.78, 5) is 13.6. The van der Waals surface area contributed by atoms with Crippen LogP contribution >= 0.6 is 0 Å². The monoisotopic (exact) mass is 362 g/mol. The molecule has 0 atom stereocenters. The molecule has 2 aromatic rings. The second-order valence-electron chi connectivity index (χ2n) is 6.03. The molecule has 0 aliphatic carbocycles. The number of sulfonamides is 1. The molecule has 0 saturated carbocycles. The molecule has 5 nitrogen and oxygen atoms in total. The molecule has 0 aromatic heterocycles. The van der Waals surface area contributed by atoms with Crippen LogP contribution in [-0.2, 0) is 21.4 Å². The van der Waals surface area contributed by atoms with E-state index in [1.165, 1.54) is 35.6 Å². The smallest absolute Gasteiger partial charge is 0.243 e. The summed E-state index contributed by atoms with van der Waals surface area (Å²) in [6.07, 6.45) is 1.35. The summed E-state index contributed by atoms with van der Waals surface area (Å²) in [5.41, 5.74) is 1.41. The third-order valence-corrected chi connectivity index (χ3v) is 6.07. The number of anilines is 1. The third-order valence-electron chi connectivity index (χ3n) is 4.25. The summed E-state index contributed by atoms with van der Waals surface area (Å²) in [5, 5.41) is 0. The Labute approximate surface area is 146 Å². The van der Waals surface area contributed by atoms with Crippen LogP contribution in [-0.4, -0.2) is 32.2 Å². The van der Waals surface area contributed by atoms with Crippen LogP contribution in [0, 0.1) is 5.82 Å². The van der Waals surface area contributed by atoms with E-state index >= 15 is 0 Å². The van der Waals surface area contributed by atoms with E-state index in [1.807, 2.05) is 0 Å². The number of hydrogen-bond acceptors (Lipinski definition) is 3. The molecule has 1 fully saturated rings. The molecule has 1 aliphatic heterocycles. The molecule has 0 spiro atoms. The third kappa shape index (κ3) is 3.72. The fraction of sp³-hybridized carbons (Fsp3) is 0.278. The van der Waals surface area contributed by atoms with E-state index in [4.69, 9.17) is 0 Å². The normalized spacial score (nSPS) is 15.2. The second kappa shape index (κ2) is 6.93. The van der Waals surface area contributed by atoms with Crippen molar-refractivity contribution in [3.05, 3.63) is 59.9 Å². The van der Waals surface area contributed by atoms with Gasteiger partial charge >= 0.3 is 0 Å². The fourth-order valence-electron chi connectivity index (χ4n) is 2.83. The van der Waals surface area contributed by atoms with E-state index in [9.17, 15) is 17.6 Å². The summed E-state index contributed by atoms with van der Waals surface area (Å²) in [5.74, 6) is -0.301. The topological polar surface area (TPSA) is 57.7 Å². The summed E-state index contributed by atoms with van der Waals surface area (Å²) in [6.45, 7) is 0.810. The van der Waals surface area contributed by atoms with Crippen molar-refractivity contribution >= 4 is 21.6 Å². The molecule has 0 N–H and O–H groups in total. The van der Waals surface area contributed by atoms with Crippen LogP contribution in [0.4, 0.5) is 10.1 Å². The standard InChI is InChI=1S/C18H19FN2O3S/c1-20(13-14-4-6-15(19)7-5-14)25(23,24)17-10-8-16(9-11-17)21-12-2-3-18(21)22/h4-11H,2-3,12-13H2,1H3. The summed E-state index contributed by atoms with van der Waals surface area (Å²) in [7, 11) is -2.18. The van der Waals surface area contributed by atoms with Crippen LogP contribution in [0.2, 0.25) is 0 Å². The molecule has 0 bridgehead atoms. The SMILES string of the molecule is CN(Cc1ccc(F)cc1)S(=O)(=O)c1ccc(N2CCCC2=O)cc1. The zero-order valence-electron chi connectivity index (χ0n) is 13.9. The van der Waals surface area contributed by atoms with Gasteiger partial charge in [-0.15, -0.1) is 0 Å². The van der Waals surface area contributed by atoms with Crippen LogP contribution in [0.5, 0.6) is 0 Å². The highest BCUT2D eigenvalue weighted by Crippen LogP contribution is 2.24. The molecule has 1 aliphatic rings. The minimum absolute atomic E-state index is 0.0593. The van der Waals surface area contributed by atoms with Gasteiger partial charge in [0.05, 0.1) is 4.90 Å². The molecule has 132 valence electrons. The van der Waals surface area contributed by atoms with Gasteiger partial charge in [-0.3, -0.25) is 4.79 Å². The minimum atomic E-state index is -3.66. The predicted octanol–water partition coefficient (Wildman–Crippen LogP) is 2.77. The van der Waals surface area contributed by atoms with E-state index < -0.39 is 10.0 Å². The van der Waals surface area contributed by atoms with Gasteiger partial charge in [-0.05, 0) is 48.4 Å². The number of amides is 1. The molecule has 1 saturated heterocycles. The van der Waals surface area contributed by atoms with Crippen molar-refractivity contribution in [2.24, 2.45) is 0 Å². The van der Waals surface area contributed by atoms with Crippen LogP contribution in [0.1, 0.15) is 18.4 Å². The molecule has 3 rings (SSSR count). The Morgan fingerprint density at radius 2 is 1.72 bits per heavy atom. The number of carbonyl (C=O) groups is 1. The first-order chi connectivity index (χ1) is 11.9. The van der Waals surface area contributed by atoms with Gasteiger partial charge in [-0.1, -0.05) is 12.1 Å². The maximum Gasteiger partial charge on any atom is 0.243 e. The second-order valence-corrected chi connectivity index (χ2v) is 8.08. The van der Waals surface area contributed by atoms with Gasteiger partial charge in [0.15, 0.2) is 0 Å². The Balaban J connectivity index is 1.76. The van der Waals surface area contributed by atoms with Crippen LogP contribution in [0.25, 0.3) is 0 Å². The Hall–Kier alpha value is -2.25. The molecular formula is C18H19FN2O3S. The maximum atomic E-state index is 13.0. The molecule has 2 aromatic carbocycles. The molecule has 0 radical (unpaired) electrons. The molecule has 1 amide bonds. The maximum absolute atomic E-state index is 13.0. The van der Waals surface area contributed by atoms with Crippen molar-refractivity contribution in [3.8, 4) is 0 Å². The van der Waals surface area contributed by atoms with Crippen molar-refractivity contribution in [1.29, 1.82) is 0 Å². The minimum Gasteiger partial charge on any atom is -0.312 e. The van der Waals surface area contributed by atoms with Gasteiger partial charge in [-0.2, -0.15) is 4.31 Å². The Morgan fingerprint density at radius 3 is 2.28 bits per heavy atom. The van der Waals surface area contributed by atoms with Gasteiger partial charge in [-0.25, -0.2) is 12.8 Å². The van der Waals surface area contributed by atoms with Gasteiger partial charge in [0.1, 0.15) is 5.82 Å². The highest BCUT2D eigenvalue weighted by Gasteiger charge is 2.24. The van der Waals surface area contributed by atoms with Crippen LogP contribution in [0.3, 0.4) is 0 Å².